The molecule has 2 aromatic carbocycles. The van der Waals surface area contributed by atoms with Crippen LogP contribution >= 0.6 is 0 Å². The van der Waals surface area contributed by atoms with Gasteiger partial charge in [0.1, 0.15) is 5.82 Å². The minimum atomic E-state index is -0.456. The number of carbonyl (C=O) groups excluding carboxylic acids is 2. The first kappa shape index (κ1) is 18.0. The summed E-state index contributed by atoms with van der Waals surface area (Å²) in [7, 11) is 1.30. The number of halogens is 1. The molecule has 0 aliphatic carbocycles. The van der Waals surface area contributed by atoms with Crippen molar-refractivity contribution in [3.63, 3.8) is 0 Å². The van der Waals surface area contributed by atoms with Crippen LogP contribution in [0.1, 0.15) is 20.8 Å². The number of ether oxygens (including phenoxy) is 1. The van der Waals surface area contributed by atoms with Gasteiger partial charge in [0.2, 0.25) is 0 Å². The lowest BCUT2D eigenvalue weighted by Crippen LogP contribution is -2.14. The summed E-state index contributed by atoms with van der Waals surface area (Å²) >= 11 is 0. The van der Waals surface area contributed by atoms with E-state index < -0.39 is 11.9 Å². The smallest absolute Gasteiger partial charge is 0.337 e. The molecule has 0 unspecified atom stereocenters. The summed E-state index contributed by atoms with van der Waals surface area (Å²) in [6.07, 6.45) is 0. The normalized spacial score (nSPS) is 10.1. The molecule has 0 atom stereocenters. The molecule has 2 N–H and O–H groups in total. The van der Waals surface area contributed by atoms with E-state index >= 15 is 0 Å². The van der Waals surface area contributed by atoms with Crippen LogP contribution in [0, 0.1) is 5.82 Å². The molecular formula is C19H15FN4O3. The van der Waals surface area contributed by atoms with Gasteiger partial charge in [-0.2, -0.15) is 0 Å². The quantitative estimate of drug-likeness (QED) is 0.672. The van der Waals surface area contributed by atoms with E-state index in [9.17, 15) is 14.0 Å². The average Bonchev–Trinajstić information content (AvgIpc) is 2.70. The fraction of sp³-hybridized carbons (Fsp3) is 0.0526. The first-order valence-electron chi connectivity index (χ1n) is 7.91. The maximum absolute atomic E-state index is 12.9. The van der Waals surface area contributed by atoms with Gasteiger partial charge < -0.3 is 15.4 Å². The summed E-state index contributed by atoms with van der Waals surface area (Å²) in [4.78, 5) is 23.6. The van der Waals surface area contributed by atoms with Gasteiger partial charge in [-0.1, -0.05) is 0 Å². The highest BCUT2D eigenvalue weighted by Gasteiger charge is 2.10. The van der Waals surface area contributed by atoms with E-state index in [1.807, 2.05) is 0 Å². The van der Waals surface area contributed by atoms with Crippen molar-refractivity contribution < 1.29 is 18.7 Å². The molecule has 0 radical (unpaired) electrons. The summed E-state index contributed by atoms with van der Waals surface area (Å²) in [5, 5.41) is 13.4. The van der Waals surface area contributed by atoms with Crippen molar-refractivity contribution in [3.05, 3.63) is 77.7 Å². The van der Waals surface area contributed by atoms with Crippen LogP contribution in [-0.2, 0) is 4.74 Å². The van der Waals surface area contributed by atoms with E-state index in [2.05, 4.69) is 25.6 Å². The number of nitrogens with zero attached hydrogens (tertiary/aromatic N) is 2. The van der Waals surface area contributed by atoms with Crippen molar-refractivity contribution in [1.82, 2.24) is 10.2 Å². The Bertz CT molecular complexity index is 942. The van der Waals surface area contributed by atoms with Crippen LogP contribution in [-0.4, -0.2) is 29.2 Å². The van der Waals surface area contributed by atoms with Crippen LogP contribution < -0.4 is 10.6 Å². The zero-order valence-corrected chi connectivity index (χ0v) is 14.3. The lowest BCUT2D eigenvalue weighted by Gasteiger charge is -2.07. The Labute approximate surface area is 154 Å². The maximum atomic E-state index is 12.9. The number of carbonyl (C=O) groups is 2. The molecule has 1 amide bonds. The van der Waals surface area contributed by atoms with Crippen molar-refractivity contribution >= 4 is 29.1 Å². The number of anilines is 3. The average molecular weight is 366 g/mol. The number of benzene rings is 2. The molecule has 0 spiro atoms. The van der Waals surface area contributed by atoms with Gasteiger partial charge in [0.15, 0.2) is 11.5 Å². The van der Waals surface area contributed by atoms with Crippen molar-refractivity contribution in [1.29, 1.82) is 0 Å². The molecule has 27 heavy (non-hydrogen) atoms. The number of aromatic nitrogens is 2. The molecular weight excluding hydrogens is 351 g/mol. The number of hydrogen-bond acceptors (Lipinski definition) is 6. The molecule has 7 nitrogen and oxygen atoms in total. The third-order valence-corrected chi connectivity index (χ3v) is 3.58. The molecule has 3 rings (SSSR count). The largest absolute Gasteiger partial charge is 0.465 e. The van der Waals surface area contributed by atoms with Gasteiger partial charge in [-0.25, -0.2) is 9.18 Å². The predicted molar refractivity (Wildman–Crippen MR) is 97.4 cm³/mol. The second kappa shape index (κ2) is 8.05. The molecule has 0 saturated heterocycles. The van der Waals surface area contributed by atoms with E-state index in [0.717, 1.165) is 0 Å². The van der Waals surface area contributed by atoms with Crippen LogP contribution in [0.5, 0.6) is 0 Å². The predicted octanol–water partition coefficient (Wildman–Crippen LogP) is 3.40. The van der Waals surface area contributed by atoms with Crippen molar-refractivity contribution in [3.8, 4) is 0 Å². The van der Waals surface area contributed by atoms with Gasteiger partial charge in [0.05, 0.1) is 12.7 Å². The SMILES string of the molecule is COC(=O)c1ccc(NC(=O)c2ccc(Nc3ccc(F)cc3)nn2)cc1. The maximum Gasteiger partial charge on any atom is 0.337 e. The topological polar surface area (TPSA) is 93.2 Å². The summed E-state index contributed by atoms with van der Waals surface area (Å²) in [5.74, 6) is -0.816. The summed E-state index contributed by atoms with van der Waals surface area (Å²) in [6, 6.07) is 15.1. The van der Waals surface area contributed by atoms with E-state index in [1.165, 1.54) is 25.3 Å². The standard InChI is InChI=1S/C19H15FN4O3/c1-27-19(26)12-2-6-15(7-3-12)22-18(25)16-10-11-17(24-23-16)21-14-8-4-13(20)5-9-14/h2-11H,1H3,(H,21,24)(H,22,25). The fourth-order valence-electron chi connectivity index (χ4n) is 2.20. The number of nitrogens with one attached hydrogen (secondary N) is 2. The zero-order chi connectivity index (χ0) is 19.2. The van der Waals surface area contributed by atoms with E-state index in [1.54, 1.807) is 42.5 Å². The zero-order valence-electron chi connectivity index (χ0n) is 14.3. The molecule has 8 heteroatoms. The highest BCUT2D eigenvalue weighted by Crippen LogP contribution is 2.15. The molecule has 1 aromatic heterocycles. The molecule has 1 heterocycles. The first-order chi connectivity index (χ1) is 13.0. The number of amides is 1. The minimum Gasteiger partial charge on any atom is -0.465 e. The van der Waals surface area contributed by atoms with Crippen LogP contribution in [0.4, 0.5) is 21.6 Å². The second-order valence-electron chi connectivity index (χ2n) is 5.46. The third-order valence-electron chi connectivity index (χ3n) is 3.58. The Hall–Kier alpha value is -3.81. The number of esters is 1. The van der Waals surface area contributed by atoms with Gasteiger partial charge in [0.25, 0.3) is 5.91 Å². The molecule has 0 aliphatic heterocycles. The molecule has 0 fully saturated rings. The van der Waals surface area contributed by atoms with Gasteiger partial charge in [0, 0.05) is 11.4 Å². The molecule has 0 bridgehead atoms. The lowest BCUT2D eigenvalue weighted by molar-refractivity contribution is 0.0600. The Morgan fingerprint density at radius 1 is 0.889 bits per heavy atom. The molecule has 3 aromatic rings. The summed E-state index contributed by atoms with van der Waals surface area (Å²) in [6.45, 7) is 0. The summed E-state index contributed by atoms with van der Waals surface area (Å²) < 4.78 is 17.5. The monoisotopic (exact) mass is 366 g/mol. The Kier molecular flexibility index (Phi) is 5.36. The Balaban J connectivity index is 1.63. The van der Waals surface area contributed by atoms with Crippen LogP contribution in [0.15, 0.2) is 60.7 Å². The number of rotatable bonds is 5. The van der Waals surface area contributed by atoms with Crippen LogP contribution in [0.25, 0.3) is 0 Å². The van der Waals surface area contributed by atoms with Gasteiger partial charge in [-0.05, 0) is 60.7 Å². The lowest BCUT2D eigenvalue weighted by atomic mass is 10.2. The van der Waals surface area contributed by atoms with E-state index in [0.29, 0.717) is 22.8 Å². The van der Waals surface area contributed by atoms with Crippen LogP contribution in [0.2, 0.25) is 0 Å². The summed E-state index contributed by atoms with van der Waals surface area (Å²) in [5.41, 5.74) is 1.65. The third kappa shape index (κ3) is 4.63. The molecule has 0 saturated carbocycles. The number of methoxy groups -OCH3 is 1. The van der Waals surface area contributed by atoms with Crippen molar-refractivity contribution in [2.45, 2.75) is 0 Å². The van der Waals surface area contributed by atoms with Gasteiger partial charge in [-0.3, -0.25) is 4.79 Å². The number of hydrogen-bond donors (Lipinski definition) is 2. The molecule has 136 valence electrons. The molecule has 0 aliphatic rings. The first-order valence-corrected chi connectivity index (χ1v) is 7.91. The van der Waals surface area contributed by atoms with Gasteiger partial charge in [-0.15, -0.1) is 10.2 Å². The fourth-order valence-corrected chi connectivity index (χ4v) is 2.20. The Morgan fingerprint density at radius 3 is 2.15 bits per heavy atom. The van der Waals surface area contributed by atoms with Gasteiger partial charge >= 0.3 is 5.97 Å². The van der Waals surface area contributed by atoms with Crippen molar-refractivity contribution in [2.24, 2.45) is 0 Å². The highest BCUT2D eigenvalue weighted by atomic mass is 19.1. The second-order valence-corrected chi connectivity index (χ2v) is 5.46. The minimum absolute atomic E-state index is 0.122. The van der Waals surface area contributed by atoms with E-state index in [4.69, 9.17) is 0 Å². The van der Waals surface area contributed by atoms with E-state index in [-0.39, 0.29) is 11.5 Å². The van der Waals surface area contributed by atoms with Crippen LogP contribution in [0.3, 0.4) is 0 Å². The van der Waals surface area contributed by atoms with Crippen molar-refractivity contribution in [2.75, 3.05) is 17.7 Å². The Morgan fingerprint density at radius 2 is 1.56 bits per heavy atom. The highest BCUT2D eigenvalue weighted by molar-refractivity contribution is 6.03.